The fraction of sp³-hybridized carbons (Fsp3) is 0.105. The molecule has 0 saturated heterocycles. The van der Waals surface area contributed by atoms with E-state index in [1.807, 2.05) is 31.2 Å². The Balaban J connectivity index is 1.64. The average Bonchev–Trinajstić information content (AvgIpc) is 3.16. The maximum atomic E-state index is 12.2. The molecule has 27 heavy (non-hydrogen) atoms. The second-order valence-corrected chi connectivity index (χ2v) is 6.31. The Bertz CT molecular complexity index is 968. The molecule has 3 aromatic rings. The summed E-state index contributed by atoms with van der Waals surface area (Å²) in [6.45, 7) is 2.53. The number of hydrogen-bond donors (Lipinski definition) is 2. The van der Waals surface area contributed by atoms with Gasteiger partial charge in [-0.2, -0.15) is 10.2 Å². The van der Waals surface area contributed by atoms with Crippen LogP contribution in [0.1, 0.15) is 23.0 Å². The molecule has 1 aromatic heterocycles. The highest BCUT2D eigenvalue weighted by Crippen LogP contribution is 2.22. The van der Waals surface area contributed by atoms with Gasteiger partial charge in [0.1, 0.15) is 11.4 Å². The SMILES string of the molecule is CCOc1ccc(-c2cc(C(=O)NN=Cc3ccc(Cl)c(Cl)c3)[nH]n2)cc1. The average molecular weight is 403 g/mol. The number of H-pyrrole nitrogens is 1. The highest BCUT2D eigenvalue weighted by molar-refractivity contribution is 6.42. The third kappa shape index (κ3) is 4.87. The molecule has 0 saturated carbocycles. The summed E-state index contributed by atoms with van der Waals surface area (Å²) in [7, 11) is 0. The molecule has 2 aromatic carbocycles. The predicted octanol–water partition coefficient (Wildman–Crippen LogP) is 4.55. The number of ether oxygens (including phenoxy) is 1. The molecule has 1 heterocycles. The summed E-state index contributed by atoms with van der Waals surface area (Å²) in [6.07, 6.45) is 1.48. The molecule has 0 spiro atoms. The summed E-state index contributed by atoms with van der Waals surface area (Å²) < 4.78 is 5.41. The Labute approximate surface area is 166 Å². The number of carbonyl (C=O) groups is 1. The van der Waals surface area contributed by atoms with Crippen LogP contribution < -0.4 is 10.2 Å². The second-order valence-electron chi connectivity index (χ2n) is 5.50. The molecule has 0 fully saturated rings. The first-order chi connectivity index (χ1) is 13.1. The van der Waals surface area contributed by atoms with Gasteiger partial charge in [0, 0.05) is 5.56 Å². The van der Waals surface area contributed by atoms with Crippen molar-refractivity contribution in [3.8, 4) is 17.0 Å². The van der Waals surface area contributed by atoms with E-state index in [4.69, 9.17) is 27.9 Å². The summed E-state index contributed by atoms with van der Waals surface area (Å²) >= 11 is 11.8. The van der Waals surface area contributed by atoms with Gasteiger partial charge >= 0.3 is 0 Å². The predicted molar refractivity (Wildman–Crippen MR) is 107 cm³/mol. The van der Waals surface area contributed by atoms with Gasteiger partial charge in [-0.3, -0.25) is 9.89 Å². The molecule has 8 heteroatoms. The van der Waals surface area contributed by atoms with Crippen LogP contribution in [0.5, 0.6) is 5.75 Å². The first-order valence-corrected chi connectivity index (χ1v) is 8.89. The maximum Gasteiger partial charge on any atom is 0.289 e. The van der Waals surface area contributed by atoms with E-state index in [2.05, 4.69) is 20.7 Å². The molecule has 0 atom stereocenters. The van der Waals surface area contributed by atoms with Crippen molar-refractivity contribution in [3.05, 3.63) is 69.8 Å². The highest BCUT2D eigenvalue weighted by atomic mass is 35.5. The number of benzene rings is 2. The lowest BCUT2D eigenvalue weighted by molar-refractivity contribution is 0.0950. The molecule has 0 bridgehead atoms. The number of aromatic amines is 1. The number of nitrogens with one attached hydrogen (secondary N) is 2. The number of carbonyl (C=O) groups excluding carboxylic acids is 1. The van der Waals surface area contributed by atoms with Gasteiger partial charge in [-0.25, -0.2) is 5.43 Å². The largest absolute Gasteiger partial charge is 0.494 e. The van der Waals surface area contributed by atoms with Gasteiger partial charge in [-0.15, -0.1) is 0 Å². The molecule has 0 unspecified atom stereocenters. The number of amides is 1. The van der Waals surface area contributed by atoms with Gasteiger partial charge in [0.2, 0.25) is 0 Å². The number of nitrogens with zero attached hydrogens (tertiary/aromatic N) is 2. The summed E-state index contributed by atoms with van der Waals surface area (Å²) in [5.74, 6) is 0.377. The lowest BCUT2D eigenvalue weighted by Crippen LogP contribution is -2.18. The molecule has 138 valence electrons. The monoisotopic (exact) mass is 402 g/mol. The lowest BCUT2D eigenvalue weighted by atomic mass is 10.1. The van der Waals surface area contributed by atoms with Gasteiger partial charge in [-0.1, -0.05) is 29.3 Å². The van der Waals surface area contributed by atoms with Gasteiger partial charge in [0.05, 0.1) is 28.6 Å². The normalized spacial score (nSPS) is 10.9. The lowest BCUT2D eigenvalue weighted by Gasteiger charge is -2.02. The number of rotatable bonds is 6. The van der Waals surface area contributed by atoms with E-state index in [9.17, 15) is 4.79 Å². The van der Waals surface area contributed by atoms with Gasteiger partial charge < -0.3 is 4.74 Å². The molecule has 0 aliphatic heterocycles. The minimum absolute atomic E-state index is 0.296. The van der Waals surface area contributed by atoms with Crippen LogP contribution in [0.4, 0.5) is 0 Å². The zero-order valence-electron chi connectivity index (χ0n) is 14.4. The zero-order chi connectivity index (χ0) is 19.2. The van der Waals surface area contributed by atoms with E-state index in [1.54, 1.807) is 24.3 Å². The topological polar surface area (TPSA) is 79.4 Å². The standard InChI is InChI=1S/C19H16Cl2N4O2/c1-2-27-14-6-4-13(5-7-14)17-10-18(24-23-17)19(26)25-22-11-12-3-8-15(20)16(21)9-12/h3-11H,2H2,1H3,(H,23,24)(H,25,26). The smallest absolute Gasteiger partial charge is 0.289 e. The van der Waals surface area contributed by atoms with Crippen LogP contribution in [-0.4, -0.2) is 28.9 Å². The number of hydrazone groups is 1. The minimum Gasteiger partial charge on any atom is -0.494 e. The summed E-state index contributed by atoms with van der Waals surface area (Å²) in [6, 6.07) is 14.2. The molecule has 2 N–H and O–H groups in total. The molecule has 0 aliphatic rings. The molecule has 0 aliphatic carbocycles. The van der Waals surface area contributed by atoms with Crippen LogP contribution in [0.15, 0.2) is 53.6 Å². The molecular formula is C19H16Cl2N4O2. The fourth-order valence-electron chi connectivity index (χ4n) is 2.29. The van der Waals surface area contributed by atoms with Crippen LogP contribution in [0.3, 0.4) is 0 Å². The van der Waals surface area contributed by atoms with Crippen LogP contribution in [-0.2, 0) is 0 Å². The van der Waals surface area contributed by atoms with E-state index in [1.165, 1.54) is 6.21 Å². The summed E-state index contributed by atoms with van der Waals surface area (Å²) in [5.41, 5.74) is 4.96. The Hall–Kier alpha value is -2.83. The molecule has 6 nitrogen and oxygen atoms in total. The van der Waals surface area contributed by atoms with E-state index in [-0.39, 0.29) is 0 Å². The number of aromatic nitrogens is 2. The van der Waals surface area contributed by atoms with E-state index >= 15 is 0 Å². The van der Waals surface area contributed by atoms with Crippen molar-refractivity contribution in [3.63, 3.8) is 0 Å². The summed E-state index contributed by atoms with van der Waals surface area (Å²) in [5, 5.41) is 11.6. The van der Waals surface area contributed by atoms with Crippen molar-refractivity contribution in [1.82, 2.24) is 15.6 Å². The van der Waals surface area contributed by atoms with Crippen molar-refractivity contribution in [2.75, 3.05) is 6.61 Å². The fourth-order valence-corrected chi connectivity index (χ4v) is 2.60. The van der Waals surface area contributed by atoms with E-state index in [0.29, 0.717) is 33.6 Å². The van der Waals surface area contributed by atoms with Crippen molar-refractivity contribution in [1.29, 1.82) is 0 Å². The Kier molecular flexibility index (Phi) is 6.11. The van der Waals surface area contributed by atoms with E-state index < -0.39 is 5.91 Å². The quantitative estimate of drug-likeness (QED) is 0.468. The molecule has 3 rings (SSSR count). The molecular weight excluding hydrogens is 387 g/mol. The van der Waals surface area contributed by atoms with Crippen LogP contribution >= 0.6 is 23.2 Å². The zero-order valence-corrected chi connectivity index (χ0v) is 15.9. The highest BCUT2D eigenvalue weighted by Gasteiger charge is 2.10. The van der Waals surface area contributed by atoms with Crippen LogP contribution in [0, 0.1) is 0 Å². The Morgan fingerprint density at radius 3 is 2.67 bits per heavy atom. The van der Waals surface area contributed by atoms with E-state index in [0.717, 1.165) is 11.3 Å². The Morgan fingerprint density at radius 2 is 1.96 bits per heavy atom. The third-order valence-corrected chi connectivity index (χ3v) is 4.35. The van der Waals surface area contributed by atoms with Crippen LogP contribution in [0.25, 0.3) is 11.3 Å². The maximum absolute atomic E-state index is 12.2. The van der Waals surface area contributed by atoms with Crippen LogP contribution in [0.2, 0.25) is 10.0 Å². The Morgan fingerprint density at radius 1 is 1.19 bits per heavy atom. The first-order valence-electron chi connectivity index (χ1n) is 8.14. The third-order valence-electron chi connectivity index (χ3n) is 3.61. The molecule has 0 radical (unpaired) electrons. The second kappa shape index (κ2) is 8.70. The van der Waals surface area contributed by atoms with Crippen molar-refractivity contribution < 1.29 is 9.53 Å². The first kappa shape index (κ1) is 18.9. The van der Waals surface area contributed by atoms with Crippen molar-refractivity contribution >= 4 is 35.3 Å². The minimum atomic E-state index is -0.406. The van der Waals surface area contributed by atoms with Crippen molar-refractivity contribution in [2.24, 2.45) is 5.10 Å². The van der Waals surface area contributed by atoms with Gasteiger partial charge in [-0.05, 0) is 55.0 Å². The van der Waals surface area contributed by atoms with Crippen molar-refractivity contribution in [2.45, 2.75) is 6.92 Å². The van der Waals surface area contributed by atoms with Gasteiger partial charge in [0.25, 0.3) is 5.91 Å². The number of hydrogen-bond acceptors (Lipinski definition) is 4. The van der Waals surface area contributed by atoms with Gasteiger partial charge in [0.15, 0.2) is 0 Å². The summed E-state index contributed by atoms with van der Waals surface area (Å²) in [4.78, 5) is 12.2. The number of halogens is 2. The molecule has 1 amide bonds.